The molecule has 0 saturated carbocycles. The van der Waals surface area contributed by atoms with Gasteiger partial charge in [-0.25, -0.2) is 4.98 Å². The van der Waals surface area contributed by atoms with Gasteiger partial charge < -0.3 is 11.1 Å². The van der Waals surface area contributed by atoms with E-state index >= 15 is 0 Å². The number of unbranched alkanes of at least 4 members (excludes halogenated alkanes) is 2. The molecule has 3 nitrogen and oxygen atoms in total. The SMILES string of the molecule is CCCCCC(C)(C)CNc1ncc(N)cc1C. The monoisotopic (exact) mass is 249 g/mol. The maximum absolute atomic E-state index is 5.70. The van der Waals surface area contributed by atoms with Crippen LogP contribution < -0.4 is 11.1 Å². The second-order valence-corrected chi connectivity index (χ2v) is 5.91. The first-order valence-corrected chi connectivity index (χ1v) is 6.90. The van der Waals surface area contributed by atoms with Crippen LogP contribution in [0.5, 0.6) is 0 Å². The van der Waals surface area contributed by atoms with Gasteiger partial charge in [0.1, 0.15) is 5.82 Å². The van der Waals surface area contributed by atoms with Crippen LogP contribution in [0.4, 0.5) is 11.5 Å². The standard InChI is InChI=1S/C15H27N3/c1-5-6-7-8-15(3,4)11-18-14-12(2)9-13(16)10-17-14/h9-10H,5-8,11,16H2,1-4H3,(H,17,18). The van der Waals surface area contributed by atoms with Crippen LogP contribution in [-0.2, 0) is 0 Å². The van der Waals surface area contributed by atoms with Gasteiger partial charge in [-0.1, -0.05) is 40.0 Å². The molecule has 1 rings (SSSR count). The van der Waals surface area contributed by atoms with Gasteiger partial charge in [0.05, 0.1) is 11.9 Å². The summed E-state index contributed by atoms with van der Waals surface area (Å²) in [6.45, 7) is 9.85. The molecule has 0 aliphatic rings. The van der Waals surface area contributed by atoms with E-state index in [4.69, 9.17) is 5.73 Å². The fourth-order valence-corrected chi connectivity index (χ4v) is 2.05. The third kappa shape index (κ3) is 4.94. The van der Waals surface area contributed by atoms with Crippen LogP contribution in [0, 0.1) is 12.3 Å². The molecule has 1 aromatic rings. The van der Waals surface area contributed by atoms with Gasteiger partial charge in [0.2, 0.25) is 0 Å². The third-order valence-electron chi connectivity index (χ3n) is 3.29. The lowest BCUT2D eigenvalue weighted by Gasteiger charge is -2.25. The second kappa shape index (κ2) is 6.62. The van der Waals surface area contributed by atoms with Gasteiger partial charge in [0, 0.05) is 6.54 Å². The van der Waals surface area contributed by atoms with Crippen molar-refractivity contribution in [2.45, 2.75) is 53.4 Å². The maximum Gasteiger partial charge on any atom is 0.129 e. The van der Waals surface area contributed by atoms with Crippen LogP contribution in [0.1, 0.15) is 52.0 Å². The predicted octanol–water partition coefficient (Wildman–Crippen LogP) is 3.99. The van der Waals surface area contributed by atoms with E-state index < -0.39 is 0 Å². The van der Waals surface area contributed by atoms with E-state index in [1.165, 1.54) is 25.7 Å². The molecule has 0 spiro atoms. The summed E-state index contributed by atoms with van der Waals surface area (Å²) in [5, 5.41) is 3.44. The van der Waals surface area contributed by atoms with Gasteiger partial charge in [-0.15, -0.1) is 0 Å². The Kier molecular flexibility index (Phi) is 5.45. The van der Waals surface area contributed by atoms with E-state index in [-0.39, 0.29) is 0 Å². The Labute approximate surface area is 111 Å². The number of nitrogens with two attached hydrogens (primary N) is 1. The summed E-state index contributed by atoms with van der Waals surface area (Å²) in [5.74, 6) is 0.952. The van der Waals surface area contributed by atoms with E-state index in [0.717, 1.165) is 23.6 Å². The van der Waals surface area contributed by atoms with Crippen LogP contribution in [0.15, 0.2) is 12.3 Å². The van der Waals surface area contributed by atoms with Gasteiger partial charge in [-0.05, 0) is 30.4 Å². The smallest absolute Gasteiger partial charge is 0.129 e. The zero-order chi connectivity index (χ0) is 13.6. The van der Waals surface area contributed by atoms with Crippen molar-refractivity contribution in [2.24, 2.45) is 5.41 Å². The number of hydrogen-bond acceptors (Lipinski definition) is 3. The first-order valence-electron chi connectivity index (χ1n) is 6.90. The molecule has 3 N–H and O–H groups in total. The molecule has 0 bridgehead atoms. The fraction of sp³-hybridized carbons (Fsp3) is 0.667. The van der Waals surface area contributed by atoms with Crippen molar-refractivity contribution in [2.75, 3.05) is 17.6 Å². The van der Waals surface area contributed by atoms with E-state index in [1.54, 1.807) is 6.20 Å². The van der Waals surface area contributed by atoms with Crippen molar-refractivity contribution < 1.29 is 0 Å². The van der Waals surface area contributed by atoms with E-state index in [9.17, 15) is 0 Å². The highest BCUT2D eigenvalue weighted by molar-refractivity contribution is 5.50. The van der Waals surface area contributed by atoms with Crippen LogP contribution in [0.25, 0.3) is 0 Å². The first-order chi connectivity index (χ1) is 8.44. The first kappa shape index (κ1) is 14.8. The summed E-state index contributed by atoms with van der Waals surface area (Å²) in [4.78, 5) is 4.34. The number of anilines is 2. The van der Waals surface area contributed by atoms with Crippen molar-refractivity contribution in [3.63, 3.8) is 0 Å². The molecule has 102 valence electrons. The normalized spacial score (nSPS) is 11.6. The number of rotatable bonds is 7. The van der Waals surface area contributed by atoms with Gasteiger partial charge in [0.25, 0.3) is 0 Å². The predicted molar refractivity (Wildman–Crippen MR) is 79.8 cm³/mol. The molecule has 1 aromatic heterocycles. The summed E-state index contributed by atoms with van der Waals surface area (Å²) in [5.41, 5.74) is 7.84. The zero-order valence-corrected chi connectivity index (χ0v) is 12.2. The van der Waals surface area contributed by atoms with Gasteiger partial charge in [-0.3, -0.25) is 0 Å². The molecule has 0 aliphatic heterocycles. The van der Waals surface area contributed by atoms with Crippen molar-refractivity contribution in [1.82, 2.24) is 4.98 Å². The molecule has 0 aliphatic carbocycles. The van der Waals surface area contributed by atoms with Crippen LogP contribution in [0.3, 0.4) is 0 Å². The molecule has 0 fully saturated rings. The van der Waals surface area contributed by atoms with Crippen LogP contribution >= 0.6 is 0 Å². The minimum absolute atomic E-state index is 0.310. The highest BCUT2D eigenvalue weighted by Crippen LogP contribution is 2.25. The van der Waals surface area contributed by atoms with Crippen molar-refractivity contribution in [3.8, 4) is 0 Å². The van der Waals surface area contributed by atoms with Gasteiger partial charge in [-0.2, -0.15) is 0 Å². The number of aryl methyl sites for hydroxylation is 1. The Balaban J connectivity index is 2.48. The highest BCUT2D eigenvalue weighted by atomic mass is 15.0. The Bertz CT molecular complexity index is 372. The molecule has 0 atom stereocenters. The third-order valence-corrected chi connectivity index (χ3v) is 3.29. The van der Waals surface area contributed by atoms with E-state index in [0.29, 0.717) is 5.41 Å². The average molecular weight is 249 g/mol. The van der Waals surface area contributed by atoms with Crippen molar-refractivity contribution in [3.05, 3.63) is 17.8 Å². The lowest BCUT2D eigenvalue weighted by atomic mass is 9.87. The number of hydrogen-bond donors (Lipinski definition) is 2. The zero-order valence-electron chi connectivity index (χ0n) is 12.2. The number of nitrogens with zero attached hydrogens (tertiary/aromatic N) is 1. The topological polar surface area (TPSA) is 50.9 Å². The minimum Gasteiger partial charge on any atom is -0.397 e. The Hall–Kier alpha value is -1.25. The lowest BCUT2D eigenvalue weighted by molar-refractivity contribution is 0.342. The molecule has 0 aromatic carbocycles. The summed E-state index contributed by atoms with van der Waals surface area (Å²) in [6.07, 6.45) is 6.87. The van der Waals surface area contributed by atoms with Crippen LogP contribution in [0.2, 0.25) is 0 Å². The molecule has 3 heteroatoms. The number of pyridine rings is 1. The number of nitrogen functional groups attached to an aromatic ring is 1. The van der Waals surface area contributed by atoms with E-state index in [1.807, 2.05) is 13.0 Å². The minimum atomic E-state index is 0.310. The maximum atomic E-state index is 5.70. The molecule has 0 saturated heterocycles. The average Bonchev–Trinajstić information content (AvgIpc) is 2.28. The second-order valence-electron chi connectivity index (χ2n) is 5.91. The molecule has 0 amide bonds. The Morgan fingerprint density at radius 3 is 2.67 bits per heavy atom. The van der Waals surface area contributed by atoms with Crippen molar-refractivity contribution >= 4 is 11.5 Å². The quantitative estimate of drug-likeness (QED) is 0.718. The summed E-state index contributed by atoms with van der Waals surface area (Å²) >= 11 is 0. The molecule has 0 radical (unpaired) electrons. The van der Waals surface area contributed by atoms with Crippen LogP contribution in [-0.4, -0.2) is 11.5 Å². The lowest BCUT2D eigenvalue weighted by Crippen LogP contribution is -2.23. The number of nitrogens with one attached hydrogen (secondary N) is 1. The molecular weight excluding hydrogens is 222 g/mol. The largest absolute Gasteiger partial charge is 0.397 e. The fourth-order valence-electron chi connectivity index (χ4n) is 2.05. The molecule has 0 unspecified atom stereocenters. The van der Waals surface area contributed by atoms with Gasteiger partial charge >= 0.3 is 0 Å². The Morgan fingerprint density at radius 2 is 2.06 bits per heavy atom. The molecule has 1 heterocycles. The Morgan fingerprint density at radius 1 is 1.33 bits per heavy atom. The summed E-state index contributed by atoms with van der Waals surface area (Å²) in [7, 11) is 0. The highest BCUT2D eigenvalue weighted by Gasteiger charge is 2.17. The molecule has 18 heavy (non-hydrogen) atoms. The summed E-state index contributed by atoms with van der Waals surface area (Å²) < 4.78 is 0. The number of aromatic nitrogens is 1. The summed E-state index contributed by atoms with van der Waals surface area (Å²) in [6, 6.07) is 1.96. The van der Waals surface area contributed by atoms with Crippen molar-refractivity contribution in [1.29, 1.82) is 0 Å². The van der Waals surface area contributed by atoms with Gasteiger partial charge in [0.15, 0.2) is 0 Å². The molecular formula is C15H27N3. The van der Waals surface area contributed by atoms with E-state index in [2.05, 4.69) is 31.1 Å².